The Kier molecular flexibility index (Phi) is 4.74. The molecule has 0 aromatic rings. The molecule has 1 N–H and O–H groups in total. The zero-order valence-electron chi connectivity index (χ0n) is 9.42. The lowest BCUT2D eigenvalue weighted by atomic mass is 10.3. The van der Waals surface area contributed by atoms with Crippen molar-refractivity contribution in [2.75, 3.05) is 19.6 Å². The third-order valence-electron chi connectivity index (χ3n) is 2.47. The molecule has 1 aliphatic rings. The molecule has 14 heavy (non-hydrogen) atoms. The van der Waals surface area contributed by atoms with E-state index in [2.05, 4.69) is 42.8 Å². The molecular formula is C12H22N2. The van der Waals surface area contributed by atoms with Crippen LogP contribution < -0.4 is 5.32 Å². The maximum absolute atomic E-state index is 4.06. The summed E-state index contributed by atoms with van der Waals surface area (Å²) in [6.45, 7) is 11.7. The topological polar surface area (TPSA) is 15.3 Å². The molecule has 1 fully saturated rings. The van der Waals surface area contributed by atoms with Gasteiger partial charge in [0, 0.05) is 31.4 Å². The minimum absolute atomic E-state index is 0.555. The van der Waals surface area contributed by atoms with Gasteiger partial charge in [-0.3, -0.25) is 0 Å². The molecule has 0 radical (unpaired) electrons. The van der Waals surface area contributed by atoms with Gasteiger partial charge in [-0.15, -0.1) is 0 Å². The fourth-order valence-corrected chi connectivity index (χ4v) is 1.61. The summed E-state index contributed by atoms with van der Waals surface area (Å²) in [7, 11) is 0. The van der Waals surface area contributed by atoms with Crippen molar-refractivity contribution >= 4 is 0 Å². The normalized spacial score (nSPS) is 17.2. The molecule has 0 amide bonds. The fourth-order valence-electron chi connectivity index (χ4n) is 1.61. The maximum Gasteiger partial charge on any atom is 0.0290 e. The number of rotatable bonds is 5. The standard InChI is InChI=1S/C12H22N2/c1-11(2)13-8-6-7-12(3)14-9-4-5-10-14/h6-7,11,13H,3-5,8-10H2,1-2H3/b7-6+. The SMILES string of the molecule is C=C(/C=C/CNC(C)C)N1CCCC1. The van der Waals surface area contributed by atoms with Gasteiger partial charge in [0.1, 0.15) is 0 Å². The van der Waals surface area contributed by atoms with Crippen LogP contribution in [0.2, 0.25) is 0 Å². The second-order valence-corrected chi connectivity index (χ2v) is 4.15. The number of likely N-dealkylation sites (tertiary alicyclic amines) is 1. The fraction of sp³-hybridized carbons (Fsp3) is 0.667. The number of nitrogens with one attached hydrogen (secondary N) is 1. The zero-order valence-corrected chi connectivity index (χ0v) is 9.42. The van der Waals surface area contributed by atoms with Crippen molar-refractivity contribution in [1.29, 1.82) is 0 Å². The molecule has 1 rings (SSSR count). The highest BCUT2D eigenvalue weighted by molar-refractivity contribution is 5.14. The summed E-state index contributed by atoms with van der Waals surface area (Å²) in [4.78, 5) is 2.35. The Morgan fingerprint density at radius 3 is 2.64 bits per heavy atom. The van der Waals surface area contributed by atoms with Crippen molar-refractivity contribution in [3.63, 3.8) is 0 Å². The first-order chi connectivity index (χ1) is 6.70. The van der Waals surface area contributed by atoms with Crippen LogP contribution in [0.5, 0.6) is 0 Å². The van der Waals surface area contributed by atoms with Crippen LogP contribution in [0, 0.1) is 0 Å². The van der Waals surface area contributed by atoms with Gasteiger partial charge in [-0.05, 0) is 18.9 Å². The molecule has 0 bridgehead atoms. The maximum atomic E-state index is 4.06. The van der Waals surface area contributed by atoms with Gasteiger partial charge in [-0.1, -0.05) is 26.5 Å². The minimum atomic E-state index is 0.555. The molecule has 1 heterocycles. The van der Waals surface area contributed by atoms with E-state index < -0.39 is 0 Å². The van der Waals surface area contributed by atoms with Crippen LogP contribution in [0.4, 0.5) is 0 Å². The number of allylic oxidation sites excluding steroid dienone is 1. The van der Waals surface area contributed by atoms with E-state index in [-0.39, 0.29) is 0 Å². The second-order valence-electron chi connectivity index (χ2n) is 4.15. The smallest absolute Gasteiger partial charge is 0.0290 e. The van der Waals surface area contributed by atoms with Crippen molar-refractivity contribution in [3.8, 4) is 0 Å². The third-order valence-corrected chi connectivity index (χ3v) is 2.47. The number of hydrogen-bond acceptors (Lipinski definition) is 2. The third kappa shape index (κ3) is 3.97. The Labute approximate surface area is 87.7 Å². The molecule has 80 valence electrons. The largest absolute Gasteiger partial charge is 0.372 e. The van der Waals surface area contributed by atoms with E-state index in [1.54, 1.807) is 0 Å². The van der Waals surface area contributed by atoms with Crippen molar-refractivity contribution in [2.24, 2.45) is 0 Å². The highest BCUT2D eigenvalue weighted by Crippen LogP contribution is 2.13. The summed E-state index contributed by atoms with van der Waals surface area (Å²) in [5.74, 6) is 0. The molecule has 1 aliphatic heterocycles. The van der Waals surface area contributed by atoms with E-state index in [1.807, 2.05) is 0 Å². The average molecular weight is 194 g/mol. The predicted octanol–water partition coefficient (Wildman–Crippen LogP) is 2.15. The molecule has 0 aromatic carbocycles. The Balaban J connectivity index is 2.18. The van der Waals surface area contributed by atoms with Gasteiger partial charge in [0.05, 0.1) is 0 Å². The average Bonchev–Trinajstić information content (AvgIpc) is 2.64. The van der Waals surface area contributed by atoms with E-state index in [0.717, 1.165) is 12.2 Å². The van der Waals surface area contributed by atoms with Crippen LogP contribution >= 0.6 is 0 Å². The monoisotopic (exact) mass is 194 g/mol. The second kappa shape index (κ2) is 5.86. The van der Waals surface area contributed by atoms with Crippen LogP contribution in [-0.4, -0.2) is 30.6 Å². The van der Waals surface area contributed by atoms with Crippen molar-refractivity contribution < 1.29 is 0 Å². The summed E-state index contributed by atoms with van der Waals surface area (Å²) in [6, 6.07) is 0.555. The molecule has 0 aliphatic carbocycles. The van der Waals surface area contributed by atoms with Crippen LogP contribution in [0.3, 0.4) is 0 Å². The first-order valence-corrected chi connectivity index (χ1v) is 5.54. The molecule has 0 aromatic heterocycles. The molecular weight excluding hydrogens is 172 g/mol. The van der Waals surface area contributed by atoms with Gasteiger partial charge in [-0.2, -0.15) is 0 Å². The minimum Gasteiger partial charge on any atom is -0.372 e. The van der Waals surface area contributed by atoms with Crippen LogP contribution in [0.1, 0.15) is 26.7 Å². The van der Waals surface area contributed by atoms with Crippen LogP contribution in [0.25, 0.3) is 0 Å². The highest BCUT2D eigenvalue weighted by atomic mass is 15.1. The summed E-state index contributed by atoms with van der Waals surface area (Å²) >= 11 is 0. The number of hydrogen-bond donors (Lipinski definition) is 1. The molecule has 1 saturated heterocycles. The molecule has 0 atom stereocenters. The Morgan fingerprint density at radius 1 is 1.43 bits per heavy atom. The Hall–Kier alpha value is -0.760. The molecule has 2 heteroatoms. The van der Waals surface area contributed by atoms with E-state index in [9.17, 15) is 0 Å². The van der Waals surface area contributed by atoms with Crippen LogP contribution in [0.15, 0.2) is 24.4 Å². The first-order valence-electron chi connectivity index (χ1n) is 5.54. The quantitative estimate of drug-likeness (QED) is 0.675. The van der Waals surface area contributed by atoms with E-state index >= 15 is 0 Å². The highest BCUT2D eigenvalue weighted by Gasteiger charge is 2.10. The lowest BCUT2D eigenvalue weighted by Gasteiger charge is -2.17. The van der Waals surface area contributed by atoms with E-state index in [0.29, 0.717) is 6.04 Å². The van der Waals surface area contributed by atoms with Gasteiger partial charge in [0.2, 0.25) is 0 Å². The van der Waals surface area contributed by atoms with Crippen molar-refractivity contribution in [1.82, 2.24) is 10.2 Å². The zero-order chi connectivity index (χ0) is 10.4. The van der Waals surface area contributed by atoms with Gasteiger partial charge in [0.25, 0.3) is 0 Å². The van der Waals surface area contributed by atoms with Gasteiger partial charge >= 0.3 is 0 Å². The van der Waals surface area contributed by atoms with E-state index in [1.165, 1.54) is 25.9 Å². The van der Waals surface area contributed by atoms with Crippen LogP contribution in [-0.2, 0) is 0 Å². The molecule has 2 nitrogen and oxygen atoms in total. The molecule has 0 spiro atoms. The number of nitrogens with zero attached hydrogens (tertiary/aromatic N) is 1. The molecule has 0 saturated carbocycles. The Morgan fingerprint density at radius 2 is 2.07 bits per heavy atom. The summed E-state index contributed by atoms with van der Waals surface area (Å²) in [5, 5.41) is 3.34. The van der Waals surface area contributed by atoms with Gasteiger partial charge in [-0.25, -0.2) is 0 Å². The predicted molar refractivity (Wildman–Crippen MR) is 62.2 cm³/mol. The summed E-state index contributed by atoms with van der Waals surface area (Å²) in [6.07, 6.45) is 6.91. The van der Waals surface area contributed by atoms with Crippen molar-refractivity contribution in [3.05, 3.63) is 24.4 Å². The Bertz CT molecular complexity index is 200. The van der Waals surface area contributed by atoms with Gasteiger partial charge in [0.15, 0.2) is 0 Å². The van der Waals surface area contributed by atoms with Crippen molar-refractivity contribution in [2.45, 2.75) is 32.7 Å². The summed E-state index contributed by atoms with van der Waals surface area (Å²) in [5.41, 5.74) is 1.16. The summed E-state index contributed by atoms with van der Waals surface area (Å²) < 4.78 is 0. The lowest BCUT2D eigenvalue weighted by Crippen LogP contribution is -2.22. The van der Waals surface area contributed by atoms with E-state index in [4.69, 9.17) is 0 Å². The first kappa shape index (κ1) is 11.3. The molecule has 0 unspecified atom stereocenters. The van der Waals surface area contributed by atoms with Gasteiger partial charge < -0.3 is 10.2 Å². The lowest BCUT2D eigenvalue weighted by molar-refractivity contribution is 0.442.